The molecule has 3 rings (SSSR count). The fourth-order valence-electron chi connectivity index (χ4n) is 3.67. The average Bonchev–Trinajstić information content (AvgIpc) is 3.30. The summed E-state index contributed by atoms with van der Waals surface area (Å²) in [5.74, 6) is 0. The van der Waals surface area contributed by atoms with Crippen molar-refractivity contribution < 1.29 is 24.3 Å². The lowest BCUT2D eigenvalue weighted by molar-refractivity contribution is 0.0369. The second-order valence-corrected chi connectivity index (χ2v) is 9.09. The lowest BCUT2D eigenvalue weighted by Gasteiger charge is -2.27. The lowest BCUT2D eigenvalue weighted by atomic mass is 10.1. The van der Waals surface area contributed by atoms with Gasteiger partial charge in [-0.15, -0.1) is 0 Å². The molecule has 1 fully saturated rings. The minimum Gasteiger partial charge on any atom is -0.441 e. The summed E-state index contributed by atoms with van der Waals surface area (Å²) in [6, 6.07) is 3.50. The largest absolute Gasteiger partial charge is 0.448 e. The molecule has 0 radical (unpaired) electrons. The zero-order chi connectivity index (χ0) is 24.6. The molecule has 1 aliphatic rings. The van der Waals surface area contributed by atoms with Crippen molar-refractivity contribution in [2.75, 3.05) is 36.6 Å². The van der Waals surface area contributed by atoms with Gasteiger partial charge >= 0.3 is 12.2 Å². The molecule has 0 aliphatic carbocycles. The predicted molar refractivity (Wildman–Crippen MR) is 127 cm³/mol. The standard InChI is InChI=1S/C24H33N5O5/c1-24(2,3)33-23(32)29(34-22(31)27-20-16-25-10-6-18(20)9-15-30)21-17-26-11-7-19(21)8-14-28-12-4-5-13-28/h6-7,10-11,16-17,30H,4-5,8-9,12-15H2,1-3H3,(H,27,31). The van der Waals surface area contributed by atoms with Crippen molar-refractivity contribution in [3.05, 3.63) is 48.0 Å². The van der Waals surface area contributed by atoms with E-state index in [0.29, 0.717) is 29.8 Å². The van der Waals surface area contributed by atoms with Gasteiger partial charge < -0.3 is 19.6 Å². The Hall–Kier alpha value is -3.24. The zero-order valence-electron chi connectivity index (χ0n) is 20.0. The smallest absolute Gasteiger partial charge is 0.441 e. The molecule has 2 N–H and O–H groups in total. The van der Waals surface area contributed by atoms with Gasteiger partial charge in [0.15, 0.2) is 0 Å². The Labute approximate surface area is 199 Å². The Balaban J connectivity index is 1.82. The minimum absolute atomic E-state index is 0.0894. The van der Waals surface area contributed by atoms with Crippen LogP contribution in [0, 0.1) is 0 Å². The van der Waals surface area contributed by atoms with Crippen molar-refractivity contribution in [3.63, 3.8) is 0 Å². The van der Waals surface area contributed by atoms with Crippen LogP contribution in [0.25, 0.3) is 0 Å². The van der Waals surface area contributed by atoms with E-state index in [1.165, 1.54) is 25.2 Å². The number of likely N-dealkylation sites (tertiary alicyclic amines) is 1. The molecule has 1 saturated heterocycles. The zero-order valence-corrected chi connectivity index (χ0v) is 20.0. The number of aliphatic hydroxyl groups excluding tert-OH is 1. The second-order valence-electron chi connectivity index (χ2n) is 9.09. The molecular formula is C24H33N5O5. The van der Waals surface area contributed by atoms with Gasteiger partial charge in [-0.2, -0.15) is 0 Å². The van der Waals surface area contributed by atoms with Crippen molar-refractivity contribution in [1.82, 2.24) is 14.9 Å². The first-order valence-electron chi connectivity index (χ1n) is 11.5. The molecule has 1 aliphatic heterocycles. The van der Waals surface area contributed by atoms with Gasteiger partial charge in [-0.25, -0.2) is 9.59 Å². The van der Waals surface area contributed by atoms with Crippen molar-refractivity contribution in [1.29, 1.82) is 0 Å². The maximum absolute atomic E-state index is 13.0. The number of pyridine rings is 2. The molecular weight excluding hydrogens is 438 g/mol. The number of ether oxygens (including phenoxy) is 1. The van der Waals surface area contributed by atoms with Crippen molar-refractivity contribution >= 4 is 23.6 Å². The maximum Gasteiger partial charge on any atom is 0.448 e. The van der Waals surface area contributed by atoms with E-state index >= 15 is 0 Å². The second kappa shape index (κ2) is 11.8. The third-order valence-electron chi connectivity index (χ3n) is 5.27. The monoisotopic (exact) mass is 471 g/mol. The molecule has 2 aromatic heterocycles. The van der Waals surface area contributed by atoms with E-state index in [1.807, 2.05) is 6.07 Å². The quantitative estimate of drug-likeness (QED) is 0.589. The number of hydrogen-bond acceptors (Lipinski definition) is 8. The summed E-state index contributed by atoms with van der Waals surface area (Å²) in [5, 5.41) is 12.7. The average molecular weight is 472 g/mol. The van der Waals surface area contributed by atoms with Crippen LogP contribution in [0.2, 0.25) is 0 Å². The number of hydrogen-bond donors (Lipinski definition) is 2. The molecule has 34 heavy (non-hydrogen) atoms. The lowest BCUT2D eigenvalue weighted by Crippen LogP contribution is -2.40. The highest BCUT2D eigenvalue weighted by Crippen LogP contribution is 2.24. The van der Waals surface area contributed by atoms with Crippen LogP contribution in [0.5, 0.6) is 0 Å². The van der Waals surface area contributed by atoms with Crippen LogP contribution in [-0.4, -0.2) is 64.0 Å². The summed E-state index contributed by atoms with van der Waals surface area (Å²) in [7, 11) is 0. The Kier molecular flexibility index (Phi) is 8.78. The molecule has 0 atom stereocenters. The number of nitrogens with one attached hydrogen (secondary N) is 1. The number of aromatic nitrogens is 2. The number of rotatable bonds is 7. The van der Waals surface area contributed by atoms with Crippen LogP contribution in [0.3, 0.4) is 0 Å². The number of nitrogens with zero attached hydrogens (tertiary/aromatic N) is 4. The number of anilines is 2. The third-order valence-corrected chi connectivity index (χ3v) is 5.27. The SMILES string of the molecule is CC(C)(C)OC(=O)N(OC(=O)Nc1cnccc1CCO)c1cnccc1CCN1CCCC1. The van der Waals surface area contributed by atoms with Crippen LogP contribution in [0.15, 0.2) is 36.9 Å². The molecule has 2 aromatic rings. The summed E-state index contributed by atoms with van der Waals surface area (Å²) >= 11 is 0. The first-order valence-corrected chi connectivity index (χ1v) is 11.5. The van der Waals surface area contributed by atoms with Crippen molar-refractivity contribution in [3.8, 4) is 0 Å². The topological polar surface area (TPSA) is 117 Å². The van der Waals surface area contributed by atoms with Gasteiger partial charge in [-0.3, -0.25) is 15.3 Å². The van der Waals surface area contributed by atoms with Gasteiger partial charge in [0.2, 0.25) is 0 Å². The summed E-state index contributed by atoms with van der Waals surface area (Å²) in [5.41, 5.74) is 1.41. The highest BCUT2D eigenvalue weighted by Gasteiger charge is 2.29. The van der Waals surface area contributed by atoms with E-state index < -0.39 is 17.8 Å². The van der Waals surface area contributed by atoms with Gasteiger partial charge in [0, 0.05) is 25.5 Å². The van der Waals surface area contributed by atoms with E-state index in [-0.39, 0.29) is 6.61 Å². The molecule has 0 bridgehead atoms. The van der Waals surface area contributed by atoms with Gasteiger partial charge in [0.05, 0.1) is 18.1 Å². The fraction of sp³-hybridized carbons (Fsp3) is 0.500. The first-order chi connectivity index (χ1) is 16.3. The molecule has 3 heterocycles. The van der Waals surface area contributed by atoms with E-state index in [1.54, 1.807) is 39.2 Å². The Morgan fingerprint density at radius 1 is 1.09 bits per heavy atom. The van der Waals surface area contributed by atoms with Crippen LogP contribution in [-0.2, 0) is 22.4 Å². The predicted octanol–water partition coefficient (Wildman–Crippen LogP) is 3.55. The Morgan fingerprint density at radius 3 is 2.44 bits per heavy atom. The molecule has 0 saturated carbocycles. The molecule has 2 amide bonds. The molecule has 0 aromatic carbocycles. The third kappa shape index (κ3) is 7.39. The molecule has 10 heteroatoms. The van der Waals surface area contributed by atoms with Crippen molar-refractivity contribution in [2.45, 2.75) is 52.1 Å². The highest BCUT2D eigenvalue weighted by molar-refractivity contribution is 5.92. The van der Waals surface area contributed by atoms with Crippen LogP contribution >= 0.6 is 0 Å². The number of carbonyl (C=O) groups excluding carboxylic acids is 2. The first kappa shape index (κ1) is 25.4. The van der Waals surface area contributed by atoms with Gasteiger partial charge in [-0.1, -0.05) is 5.06 Å². The van der Waals surface area contributed by atoms with E-state index in [9.17, 15) is 14.7 Å². The van der Waals surface area contributed by atoms with Gasteiger partial charge in [0.25, 0.3) is 0 Å². The van der Waals surface area contributed by atoms with Crippen molar-refractivity contribution in [2.24, 2.45) is 0 Å². The van der Waals surface area contributed by atoms with E-state index in [0.717, 1.165) is 30.3 Å². The van der Waals surface area contributed by atoms with E-state index in [4.69, 9.17) is 9.57 Å². The van der Waals surface area contributed by atoms with Gasteiger partial charge in [-0.05, 0) is 82.8 Å². The fourth-order valence-corrected chi connectivity index (χ4v) is 3.67. The molecule has 0 spiro atoms. The summed E-state index contributed by atoms with van der Waals surface area (Å²) in [6.07, 6.45) is 7.78. The Morgan fingerprint density at radius 2 is 1.76 bits per heavy atom. The number of aliphatic hydroxyl groups is 1. The number of hydroxylamine groups is 1. The van der Waals surface area contributed by atoms with Gasteiger partial charge in [0.1, 0.15) is 11.3 Å². The number of carbonyl (C=O) groups is 2. The Bertz CT molecular complexity index is 972. The molecule has 184 valence electrons. The molecule has 0 unspecified atom stereocenters. The normalized spacial score (nSPS) is 14.0. The summed E-state index contributed by atoms with van der Waals surface area (Å²) in [6.45, 7) is 8.04. The number of amides is 2. The van der Waals surface area contributed by atoms with Crippen LogP contribution in [0.4, 0.5) is 21.0 Å². The maximum atomic E-state index is 13.0. The van der Waals surface area contributed by atoms with Crippen LogP contribution in [0.1, 0.15) is 44.7 Å². The summed E-state index contributed by atoms with van der Waals surface area (Å²) < 4.78 is 5.50. The highest BCUT2D eigenvalue weighted by atomic mass is 16.8. The molecule has 10 nitrogen and oxygen atoms in total. The summed E-state index contributed by atoms with van der Waals surface area (Å²) in [4.78, 5) is 41.8. The van der Waals surface area contributed by atoms with E-state index in [2.05, 4.69) is 20.2 Å². The minimum atomic E-state index is -0.896. The van der Waals surface area contributed by atoms with Crippen LogP contribution < -0.4 is 10.4 Å².